The first-order valence-electron chi connectivity index (χ1n) is 11.8. The molecule has 3 N–H and O–H groups in total. The summed E-state index contributed by atoms with van der Waals surface area (Å²) in [5.41, 5.74) is 2.79. The molecule has 1 heterocycles. The third-order valence-electron chi connectivity index (χ3n) is 5.87. The standard InChI is InChI=1S/C28H27F3N4O2.2ClH/c29-23-14-20(15-24(30)28(23)31)18-35-13-12-33-26(35)16-27(37)34-22-8-6-19(7-9-22)10-11-32-17-25(36)21-4-2-1-3-5-21;;/h1-9,12-15,25,32,36H,10-11,16-18H2,(H,34,37);2*1H/t25-;;/m0../s1. The summed E-state index contributed by atoms with van der Waals surface area (Å²) in [5, 5.41) is 16.3. The van der Waals surface area contributed by atoms with Crippen LogP contribution in [0.4, 0.5) is 18.9 Å². The lowest BCUT2D eigenvalue weighted by Crippen LogP contribution is -2.23. The molecule has 0 fully saturated rings. The summed E-state index contributed by atoms with van der Waals surface area (Å²) in [6, 6.07) is 18.8. The van der Waals surface area contributed by atoms with E-state index in [1.54, 1.807) is 10.8 Å². The van der Waals surface area contributed by atoms with Crippen molar-refractivity contribution in [1.82, 2.24) is 14.9 Å². The highest BCUT2D eigenvalue weighted by Gasteiger charge is 2.14. The zero-order valence-electron chi connectivity index (χ0n) is 20.8. The number of aliphatic hydroxyl groups excluding tert-OH is 1. The Morgan fingerprint density at radius 3 is 2.28 bits per heavy atom. The molecule has 6 nitrogen and oxygen atoms in total. The lowest BCUT2D eigenvalue weighted by atomic mass is 10.1. The number of nitrogens with zero attached hydrogens (tertiary/aromatic N) is 2. The number of imidazole rings is 1. The molecule has 0 unspecified atom stereocenters. The summed E-state index contributed by atoms with van der Waals surface area (Å²) in [4.78, 5) is 16.7. The largest absolute Gasteiger partial charge is 0.387 e. The zero-order chi connectivity index (χ0) is 26.2. The van der Waals surface area contributed by atoms with E-state index in [2.05, 4.69) is 15.6 Å². The number of aromatic nitrogens is 2. The number of hydrogen-bond acceptors (Lipinski definition) is 4. The predicted octanol–water partition coefficient (Wildman–Crippen LogP) is 5.24. The number of anilines is 1. The fraction of sp³-hybridized carbons (Fsp3) is 0.214. The van der Waals surface area contributed by atoms with E-state index < -0.39 is 23.6 Å². The number of aliphatic hydroxyl groups is 1. The van der Waals surface area contributed by atoms with Gasteiger partial charge in [0, 0.05) is 31.2 Å². The molecule has 11 heteroatoms. The van der Waals surface area contributed by atoms with Gasteiger partial charge >= 0.3 is 0 Å². The average molecular weight is 581 g/mol. The Bertz CT molecular complexity index is 1320. The molecule has 0 radical (unpaired) electrons. The van der Waals surface area contributed by atoms with E-state index in [1.165, 1.54) is 6.20 Å². The predicted molar refractivity (Wildman–Crippen MR) is 149 cm³/mol. The van der Waals surface area contributed by atoms with Crippen LogP contribution < -0.4 is 10.6 Å². The fourth-order valence-corrected chi connectivity index (χ4v) is 3.92. The maximum absolute atomic E-state index is 13.5. The second kappa shape index (κ2) is 15.3. The highest BCUT2D eigenvalue weighted by molar-refractivity contribution is 5.91. The quantitative estimate of drug-likeness (QED) is 0.167. The van der Waals surface area contributed by atoms with Gasteiger partial charge in [0.15, 0.2) is 17.5 Å². The molecule has 0 aliphatic carbocycles. The number of carbonyl (C=O) groups is 1. The molecule has 0 aliphatic rings. The normalized spacial score (nSPS) is 11.3. The maximum atomic E-state index is 13.5. The Kier molecular flexibility index (Phi) is 12.5. The number of halogens is 5. The first kappa shape index (κ1) is 31.8. The zero-order valence-corrected chi connectivity index (χ0v) is 22.5. The monoisotopic (exact) mass is 580 g/mol. The topological polar surface area (TPSA) is 79.2 Å². The smallest absolute Gasteiger partial charge is 0.231 e. The van der Waals surface area contributed by atoms with Crippen LogP contribution in [-0.2, 0) is 24.2 Å². The summed E-state index contributed by atoms with van der Waals surface area (Å²) >= 11 is 0. The van der Waals surface area contributed by atoms with Crippen molar-refractivity contribution >= 4 is 36.4 Å². The van der Waals surface area contributed by atoms with Crippen LogP contribution >= 0.6 is 24.8 Å². The van der Waals surface area contributed by atoms with Crippen LogP contribution in [0.15, 0.2) is 79.1 Å². The van der Waals surface area contributed by atoms with Crippen LogP contribution in [-0.4, -0.2) is 33.7 Å². The van der Waals surface area contributed by atoms with Gasteiger partial charge in [-0.1, -0.05) is 42.5 Å². The Morgan fingerprint density at radius 1 is 0.949 bits per heavy atom. The first-order valence-corrected chi connectivity index (χ1v) is 11.8. The molecule has 0 aliphatic heterocycles. The molecule has 3 aromatic carbocycles. The van der Waals surface area contributed by atoms with Crippen molar-refractivity contribution in [2.75, 3.05) is 18.4 Å². The third-order valence-corrected chi connectivity index (χ3v) is 5.87. The molecule has 4 aromatic rings. The van der Waals surface area contributed by atoms with Crippen molar-refractivity contribution in [3.8, 4) is 0 Å². The molecule has 0 saturated carbocycles. The van der Waals surface area contributed by atoms with Gasteiger partial charge in [-0.25, -0.2) is 18.2 Å². The number of benzene rings is 3. The van der Waals surface area contributed by atoms with Gasteiger partial charge in [0.05, 0.1) is 12.5 Å². The summed E-state index contributed by atoms with van der Waals surface area (Å²) in [6.07, 6.45) is 3.23. The number of carbonyl (C=O) groups excluding carboxylic acids is 1. The van der Waals surface area contributed by atoms with E-state index in [1.807, 2.05) is 54.6 Å². The van der Waals surface area contributed by atoms with Crippen molar-refractivity contribution in [3.63, 3.8) is 0 Å². The van der Waals surface area contributed by atoms with Crippen molar-refractivity contribution in [3.05, 3.63) is 119 Å². The van der Waals surface area contributed by atoms with Crippen LogP contribution in [0.5, 0.6) is 0 Å². The Hall–Kier alpha value is -3.37. The second-order valence-corrected chi connectivity index (χ2v) is 8.65. The molecule has 1 amide bonds. The first-order chi connectivity index (χ1) is 17.9. The lowest BCUT2D eigenvalue weighted by Gasteiger charge is -2.12. The molecule has 0 spiro atoms. The molecular weight excluding hydrogens is 552 g/mol. The van der Waals surface area contributed by atoms with E-state index in [9.17, 15) is 23.1 Å². The lowest BCUT2D eigenvalue weighted by molar-refractivity contribution is -0.115. The third kappa shape index (κ3) is 9.11. The van der Waals surface area contributed by atoms with Gasteiger partial charge in [-0.15, -0.1) is 24.8 Å². The number of rotatable bonds is 11. The summed E-state index contributed by atoms with van der Waals surface area (Å²) in [5.74, 6) is -3.94. The summed E-state index contributed by atoms with van der Waals surface area (Å²) in [7, 11) is 0. The average Bonchev–Trinajstić information content (AvgIpc) is 3.32. The van der Waals surface area contributed by atoms with Gasteiger partial charge in [0.25, 0.3) is 0 Å². The van der Waals surface area contributed by atoms with E-state index in [4.69, 9.17) is 0 Å². The van der Waals surface area contributed by atoms with Crippen molar-refractivity contribution in [1.29, 1.82) is 0 Å². The minimum atomic E-state index is -1.52. The number of hydrogen-bond donors (Lipinski definition) is 3. The van der Waals surface area contributed by atoms with E-state index >= 15 is 0 Å². The molecule has 0 saturated heterocycles. The maximum Gasteiger partial charge on any atom is 0.231 e. The Balaban J connectivity index is 0.00000267. The van der Waals surface area contributed by atoms with E-state index in [0.717, 1.165) is 29.7 Å². The van der Waals surface area contributed by atoms with Gasteiger partial charge in [0.1, 0.15) is 5.82 Å². The van der Waals surface area contributed by atoms with Crippen molar-refractivity contribution in [2.24, 2.45) is 0 Å². The molecule has 39 heavy (non-hydrogen) atoms. The Labute approximate surface area is 237 Å². The van der Waals surface area contributed by atoms with Gasteiger partial charge in [-0.05, 0) is 53.9 Å². The molecule has 208 valence electrons. The van der Waals surface area contributed by atoms with Crippen molar-refractivity contribution < 1.29 is 23.1 Å². The van der Waals surface area contributed by atoms with E-state index in [-0.39, 0.29) is 49.3 Å². The summed E-state index contributed by atoms with van der Waals surface area (Å²) in [6.45, 7) is 1.20. The van der Waals surface area contributed by atoms with Crippen molar-refractivity contribution in [2.45, 2.75) is 25.5 Å². The van der Waals surface area contributed by atoms with Crippen LogP contribution in [0.3, 0.4) is 0 Å². The molecule has 4 rings (SSSR count). The van der Waals surface area contributed by atoms with Crippen LogP contribution in [0.1, 0.15) is 28.6 Å². The minimum Gasteiger partial charge on any atom is -0.387 e. The number of amides is 1. The second-order valence-electron chi connectivity index (χ2n) is 8.65. The molecule has 1 aromatic heterocycles. The van der Waals surface area contributed by atoms with Gasteiger partial charge in [-0.2, -0.15) is 0 Å². The Morgan fingerprint density at radius 2 is 1.62 bits per heavy atom. The van der Waals surface area contributed by atoms with Gasteiger partial charge < -0.3 is 20.3 Å². The number of nitrogens with one attached hydrogen (secondary N) is 2. The van der Waals surface area contributed by atoms with Crippen LogP contribution in [0.25, 0.3) is 0 Å². The molecule has 1 atom stereocenters. The van der Waals surface area contributed by atoms with Gasteiger partial charge in [0.2, 0.25) is 5.91 Å². The summed E-state index contributed by atoms with van der Waals surface area (Å²) < 4.78 is 41.8. The minimum absolute atomic E-state index is 0. The van der Waals surface area contributed by atoms with E-state index in [0.29, 0.717) is 24.6 Å². The highest BCUT2D eigenvalue weighted by atomic mass is 35.5. The SMILES string of the molecule is Cl.Cl.O=C(Cc1nccn1Cc1cc(F)c(F)c(F)c1)Nc1ccc(CCNC[C@H](O)c2ccccc2)cc1. The highest BCUT2D eigenvalue weighted by Crippen LogP contribution is 2.16. The molecular formula is C28H29Cl2F3N4O2. The van der Waals surface area contributed by atoms with Crippen LogP contribution in [0.2, 0.25) is 0 Å². The fourth-order valence-electron chi connectivity index (χ4n) is 3.92. The molecule has 0 bridgehead atoms. The van der Waals surface area contributed by atoms with Crippen LogP contribution in [0, 0.1) is 17.5 Å². The van der Waals surface area contributed by atoms with Gasteiger partial charge in [-0.3, -0.25) is 4.79 Å².